The molecule has 1 aliphatic heterocycles. The van der Waals surface area contributed by atoms with Crippen LogP contribution in [0.15, 0.2) is 23.0 Å². The van der Waals surface area contributed by atoms with Crippen LogP contribution >= 0.6 is 24.8 Å². The summed E-state index contributed by atoms with van der Waals surface area (Å²) in [6, 6.07) is 0.0615. The number of aliphatic hydroxyl groups is 3. The number of piperidine rings is 1. The quantitative estimate of drug-likeness (QED) is 0.319. The number of aliphatic hydroxyl groups excluding tert-OH is 2. The number of hydrogen-bond donors (Lipinski definition) is 5. The fraction of sp³-hybridized carbons (Fsp3) is 0.536. The zero-order valence-electron chi connectivity index (χ0n) is 23.0. The van der Waals surface area contributed by atoms with Crippen LogP contribution in [0.1, 0.15) is 42.9 Å². The lowest BCUT2D eigenvalue weighted by Crippen LogP contribution is -2.65. The molecule has 3 aliphatic carbocycles. The van der Waals surface area contributed by atoms with Gasteiger partial charge in [-0.1, -0.05) is 6.92 Å². The van der Waals surface area contributed by atoms with Crippen molar-refractivity contribution in [2.24, 2.45) is 23.5 Å². The average Bonchev–Trinajstić information content (AvgIpc) is 2.85. The minimum absolute atomic E-state index is 0. The third-order valence-electron chi connectivity index (χ3n) is 9.00. The van der Waals surface area contributed by atoms with E-state index in [1.165, 1.54) is 25.1 Å². The number of carbonyl (C=O) groups is 3. The van der Waals surface area contributed by atoms with Crippen LogP contribution in [0, 0.1) is 23.6 Å². The molecule has 226 valence electrons. The predicted molar refractivity (Wildman–Crippen MR) is 152 cm³/mol. The van der Waals surface area contributed by atoms with Crippen LogP contribution in [-0.4, -0.2) is 86.5 Å². The Balaban J connectivity index is 0.00000231. The Morgan fingerprint density at radius 3 is 2.34 bits per heavy atom. The van der Waals surface area contributed by atoms with E-state index in [4.69, 9.17) is 5.73 Å². The number of carbonyl (C=O) groups excluding carboxylic acids is 3. The first-order chi connectivity index (χ1) is 18.3. The number of fused-ring (bicyclic) bond motifs is 3. The van der Waals surface area contributed by atoms with Gasteiger partial charge in [0.15, 0.2) is 11.4 Å². The second-order valence-corrected chi connectivity index (χ2v) is 11.6. The molecule has 0 unspecified atom stereocenters. The summed E-state index contributed by atoms with van der Waals surface area (Å²) in [6.07, 6.45) is 1.83. The molecule has 1 amide bonds. The van der Waals surface area contributed by atoms with Crippen LogP contribution in [0.25, 0.3) is 5.76 Å². The molecule has 41 heavy (non-hydrogen) atoms. The average molecular weight is 617 g/mol. The van der Waals surface area contributed by atoms with Gasteiger partial charge in [0.25, 0.3) is 5.91 Å². The first-order valence-corrected chi connectivity index (χ1v) is 13.2. The number of ketones is 2. The number of primary amides is 1. The minimum Gasteiger partial charge on any atom is -0.508 e. The van der Waals surface area contributed by atoms with Gasteiger partial charge >= 0.3 is 0 Å². The third kappa shape index (κ3) is 4.91. The van der Waals surface area contributed by atoms with Gasteiger partial charge < -0.3 is 26.2 Å². The number of hydrogen-bond acceptors (Lipinski definition) is 9. The number of phenols is 1. The number of aromatic hydroxyl groups is 1. The van der Waals surface area contributed by atoms with Gasteiger partial charge in [0.2, 0.25) is 5.78 Å². The van der Waals surface area contributed by atoms with E-state index in [9.17, 15) is 34.8 Å². The van der Waals surface area contributed by atoms with E-state index < -0.39 is 69.6 Å². The summed E-state index contributed by atoms with van der Waals surface area (Å²) in [5.74, 6) is -7.49. The highest BCUT2D eigenvalue weighted by Crippen LogP contribution is 2.53. The Bertz CT molecular complexity index is 1360. The van der Waals surface area contributed by atoms with Gasteiger partial charge in [0.1, 0.15) is 28.7 Å². The van der Waals surface area contributed by atoms with Crippen LogP contribution in [-0.2, 0) is 27.3 Å². The molecular formula is C28H36Cl2FN3O7. The summed E-state index contributed by atoms with van der Waals surface area (Å²) >= 11 is 0. The van der Waals surface area contributed by atoms with Crippen molar-refractivity contribution < 1.29 is 39.2 Å². The Morgan fingerprint density at radius 2 is 1.78 bits per heavy atom. The number of amides is 1. The molecular weight excluding hydrogens is 580 g/mol. The summed E-state index contributed by atoms with van der Waals surface area (Å²) < 4.78 is 15.9. The van der Waals surface area contributed by atoms with Crippen molar-refractivity contribution in [1.82, 2.24) is 9.80 Å². The first kappa shape index (κ1) is 32.8. The van der Waals surface area contributed by atoms with E-state index in [1.54, 1.807) is 0 Å². The number of likely N-dealkylation sites (N-methyl/N-ethyl adjacent to an activating group) is 1. The lowest BCUT2D eigenvalue weighted by atomic mass is 9.57. The molecule has 4 atom stereocenters. The summed E-state index contributed by atoms with van der Waals surface area (Å²) in [7, 11) is 3.05. The van der Waals surface area contributed by atoms with Crippen molar-refractivity contribution in [3.05, 3.63) is 45.5 Å². The van der Waals surface area contributed by atoms with Crippen LogP contribution in [0.5, 0.6) is 5.75 Å². The van der Waals surface area contributed by atoms with Crippen LogP contribution in [0.3, 0.4) is 0 Å². The zero-order chi connectivity index (χ0) is 28.5. The smallest absolute Gasteiger partial charge is 0.255 e. The molecule has 1 heterocycles. The highest BCUT2D eigenvalue weighted by Gasteiger charge is 2.64. The lowest BCUT2D eigenvalue weighted by molar-refractivity contribution is -0.153. The summed E-state index contributed by atoms with van der Waals surface area (Å²) in [5, 5.41) is 44.6. The fourth-order valence-electron chi connectivity index (χ4n) is 6.92. The standard InChI is InChI=1S/C28H34FN3O7.2ClH/c1-12-4-6-32(7-5-12)11-14-10-17(33)19-15(21(14)29)8-13-9-16-22(31(2)3)24(35)20(27(30)38)26(37)28(16,39)25(36)18(13)23(19)34;;/h10,12-13,16,22,33-34,37,39H,4-9,11H2,1-3H3,(H2,30,38);2*1H/t13-,16-,22-,28-;;/m0../s1. The van der Waals surface area contributed by atoms with Gasteiger partial charge in [0, 0.05) is 29.2 Å². The Kier molecular flexibility index (Phi) is 9.22. The van der Waals surface area contributed by atoms with Gasteiger partial charge in [-0.3, -0.25) is 24.2 Å². The monoisotopic (exact) mass is 615 g/mol. The number of likely N-dealkylation sites (tertiary alicyclic amines) is 1. The van der Waals surface area contributed by atoms with Gasteiger partial charge in [0.05, 0.1) is 11.6 Å². The number of rotatable bonds is 4. The number of halogens is 3. The fourth-order valence-corrected chi connectivity index (χ4v) is 6.92. The molecule has 4 aliphatic rings. The van der Waals surface area contributed by atoms with Gasteiger partial charge in [-0.2, -0.15) is 0 Å². The molecule has 1 aromatic rings. The molecule has 0 bridgehead atoms. The maximum Gasteiger partial charge on any atom is 0.255 e. The van der Waals surface area contributed by atoms with Gasteiger partial charge in [-0.05, 0) is 70.8 Å². The van der Waals surface area contributed by atoms with Gasteiger partial charge in [-0.25, -0.2) is 4.39 Å². The molecule has 10 nitrogen and oxygen atoms in total. The molecule has 1 aromatic carbocycles. The van der Waals surface area contributed by atoms with E-state index in [2.05, 4.69) is 11.8 Å². The highest BCUT2D eigenvalue weighted by atomic mass is 35.5. The number of nitrogens with zero attached hydrogens (tertiary/aromatic N) is 2. The predicted octanol–water partition coefficient (Wildman–Crippen LogP) is 2.18. The Labute approximate surface area is 249 Å². The van der Waals surface area contributed by atoms with Gasteiger partial charge in [-0.15, -0.1) is 24.8 Å². The second-order valence-electron chi connectivity index (χ2n) is 11.6. The second kappa shape index (κ2) is 11.5. The number of nitrogens with two attached hydrogens (primary N) is 1. The molecule has 1 saturated carbocycles. The molecule has 13 heteroatoms. The van der Waals surface area contributed by atoms with Crippen LogP contribution in [0.4, 0.5) is 4.39 Å². The molecule has 6 N–H and O–H groups in total. The van der Waals surface area contributed by atoms with Crippen molar-refractivity contribution in [3.63, 3.8) is 0 Å². The largest absolute Gasteiger partial charge is 0.508 e. The van der Waals surface area contributed by atoms with Crippen molar-refractivity contribution in [3.8, 4) is 5.75 Å². The molecule has 1 saturated heterocycles. The topological polar surface area (TPSA) is 165 Å². The maximum absolute atomic E-state index is 15.9. The number of Topliss-reactive ketones (excluding diaryl/α,β-unsaturated/α-hetero) is 2. The van der Waals surface area contributed by atoms with E-state index >= 15 is 4.39 Å². The van der Waals surface area contributed by atoms with Crippen LogP contribution < -0.4 is 5.73 Å². The summed E-state index contributed by atoms with van der Waals surface area (Å²) in [4.78, 5) is 42.6. The van der Waals surface area contributed by atoms with Crippen molar-refractivity contribution in [1.29, 1.82) is 0 Å². The summed E-state index contributed by atoms with van der Waals surface area (Å²) in [6.45, 7) is 4.06. The van der Waals surface area contributed by atoms with Crippen molar-refractivity contribution >= 4 is 48.0 Å². The Hall–Kier alpha value is -2.70. The lowest BCUT2D eigenvalue weighted by Gasteiger charge is -2.50. The molecule has 2 fully saturated rings. The Morgan fingerprint density at radius 1 is 1.17 bits per heavy atom. The molecule has 5 rings (SSSR count). The summed E-state index contributed by atoms with van der Waals surface area (Å²) in [5.41, 5.74) is 1.54. The third-order valence-corrected chi connectivity index (χ3v) is 9.00. The maximum atomic E-state index is 15.9. The molecule has 0 aromatic heterocycles. The van der Waals surface area contributed by atoms with Crippen molar-refractivity contribution in [2.75, 3.05) is 27.2 Å². The van der Waals surface area contributed by atoms with E-state index in [-0.39, 0.29) is 66.5 Å². The van der Waals surface area contributed by atoms with Crippen molar-refractivity contribution in [2.45, 2.75) is 50.8 Å². The zero-order valence-corrected chi connectivity index (χ0v) is 24.6. The highest BCUT2D eigenvalue weighted by molar-refractivity contribution is 6.24. The number of phenolic OH excluding ortho intramolecular Hbond substituents is 1. The number of benzene rings is 1. The molecule has 0 spiro atoms. The van der Waals surface area contributed by atoms with Crippen LogP contribution in [0.2, 0.25) is 0 Å². The normalized spacial score (nSPS) is 28.5. The van der Waals surface area contributed by atoms with E-state index in [0.717, 1.165) is 25.9 Å². The molecule has 0 radical (unpaired) electrons. The SMILES string of the molecule is CC1CCN(Cc2cc(O)c3c(c2F)C[C@H]2C[C@H]4[C@H](N(C)C)C(=O)C(C(N)=O)=C(O)[C@@]4(O)C(=O)C2=C3O)CC1.Cl.Cl. The minimum atomic E-state index is -2.72. The van der Waals surface area contributed by atoms with E-state index in [1.807, 2.05) is 0 Å². The first-order valence-electron chi connectivity index (χ1n) is 13.2. The van der Waals surface area contributed by atoms with E-state index in [0.29, 0.717) is 5.92 Å².